The molecule has 3 aromatic carbocycles. The molecule has 4 nitrogen and oxygen atoms in total. The third kappa shape index (κ3) is 5.57. The highest BCUT2D eigenvalue weighted by molar-refractivity contribution is 5.76. The van der Waals surface area contributed by atoms with Crippen molar-refractivity contribution >= 4 is 11.6 Å². The van der Waals surface area contributed by atoms with Crippen LogP contribution in [-0.2, 0) is 24.2 Å². The van der Waals surface area contributed by atoms with E-state index in [-0.39, 0.29) is 11.9 Å². The highest BCUT2D eigenvalue weighted by Crippen LogP contribution is 2.18. The molecule has 0 saturated carbocycles. The van der Waals surface area contributed by atoms with Gasteiger partial charge in [0.25, 0.3) is 0 Å². The van der Waals surface area contributed by atoms with Crippen LogP contribution in [0.5, 0.6) is 0 Å². The van der Waals surface area contributed by atoms with Crippen molar-refractivity contribution in [1.29, 1.82) is 0 Å². The lowest BCUT2D eigenvalue weighted by molar-refractivity contribution is -0.945. The van der Waals surface area contributed by atoms with Crippen molar-refractivity contribution in [3.63, 3.8) is 0 Å². The maximum Gasteiger partial charge on any atom is 0.220 e. The third-order valence-corrected chi connectivity index (χ3v) is 6.54. The van der Waals surface area contributed by atoms with Crippen LogP contribution in [0.2, 0.25) is 0 Å². The van der Waals surface area contributed by atoms with Crippen LogP contribution in [0.1, 0.15) is 34.7 Å². The Morgan fingerprint density at radius 1 is 0.938 bits per heavy atom. The predicted octanol–water partition coefficient (Wildman–Crippen LogP) is 3.18. The Balaban J connectivity index is 1.45. The minimum absolute atomic E-state index is 0.126. The summed E-state index contributed by atoms with van der Waals surface area (Å²) in [6, 6.07) is 28.0. The molecule has 1 amide bonds. The lowest BCUT2D eigenvalue weighted by Crippen LogP contribution is -3.12. The molecule has 0 bridgehead atoms. The van der Waals surface area contributed by atoms with Gasteiger partial charge in [-0.05, 0) is 29.7 Å². The molecule has 4 heteroatoms. The van der Waals surface area contributed by atoms with E-state index < -0.39 is 0 Å². The van der Waals surface area contributed by atoms with Crippen molar-refractivity contribution in [3.05, 3.63) is 101 Å². The van der Waals surface area contributed by atoms with E-state index in [1.807, 2.05) is 18.2 Å². The largest absolute Gasteiger partial charge is 0.378 e. The predicted molar refractivity (Wildman–Crippen MR) is 131 cm³/mol. The summed E-state index contributed by atoms with van der Waals surface area (Å²) in [6.07, 6.45) is 2.38. The Kier molecular flexibility index (Phi) is 7.23. The second-order valence-electron chi connectivity index (χ2n) is 8.93. The van der Waals surface area contributed by atoms with Gasteiger partial charge in [-0.3, -0.25) is 4.79 Å². The second kappa shape index (κ2) is 10.5. The molecule has 2 N–H and O–H groups in total. The standard InChI is InChI=1S/C28H33N3O/c1-30(2)26-15-13-24(14-16-26)27(31-19-18-23-10-6-7-11-25(23)21-31)20-29-28(32)17-12-22-8-4-3-5-9-22/h3-11,13-16,27H,12,17-21H2,1-2H3,(H,29,32)/p+1/t27-/m1/s1. The molecule has 4 rings (SSSR count). The van der Waals surface area contributed by atoms with Crippen molar-refractivity contribution in [2.24, 2.45) is 0 Å². The number of aryl methyl sites for hydroxylation is 1. The molecule has 0 aliphatic carbocycles. The zero-order chi connectivity index (χ0) is 22.3. The number of hydrogen-bond donors (Lipinski definition) is 2. The SMILES string of the molecule is CN(C)c1ccc([C@@H](CNC(=O)CCc2ccccc2)[NH+]2CCc3ccccc3C2)cc1. The quantitative estimate of drug-likeness (QED) is 0.578. The number of carbonyl (C=O) groups excluding carboxylic acids is 1. The molecule has 1 heterocycles. The third-order valence-electron chi connectivity index (χ3n) is 6.54. The van der Waals surface area contributed by atoms with Crippen LogP contribution in [0.4, 0.5) is 5.69 Å². The summed E-state index contributed by atoms with van der Waals surface area (Å²) >= 11 is 0. The van der Waals surface area contributed by atoms with Crippen molar-refractivity contribution in [3.8, 4) is 0 Å². The fraction of sp³-hybridized carbons (Fsp3) is 0.321. The van der Waals surface area contributed by atoms with Crippen LogP contribution in [0.15, 0.2) is 78.9 Å². The average Bonchev–Trinajstić information content (AvgIpc) is 2.83. The molecule has 1 aliphatic rings. The fourth-order valence-electron chi connectivity index (χ4n) is 4.61. The highest BCUT2D eigenvalue weighted by atomic mass is 16.1. The van der Waals surface area contributed by atoms with Gasteiger partial charge in [0.1, 0.15) is 12.6 Å². The zero-order valence-electron chi connectivity index (χ0n) is 19.2. The first kappa shape index (κ1) is 22.1. The molecular weight excluding hydrogens is 394 g/mol. The van der Waals surface area contributed by atoms with E-state index in [2.05, 4.69) is 85.0 Å². The Morgan fingerprint density at radius 3 is 2.34 bits per heavy atom. The monoisotopic (exact) mass is 428 g/mol. The summed E-state index contributed by atoms with van der Waals surface area (Å²) in [5.41, 5.74) is 6.58. The van der Waals surface area contributed by atoms with E-state index in [4.69, 9.17) is 0 Å². The van der Waals surface area contributed by atoms with Crippen LogP contribution >= 0.6 is 0 Å². The first-order valence-corrected chi connectivity index (χ1v) is 11.6. The van der Waals surface area contributed by atoms with E-state index in [9.17, 15) is 4.79 Å². The number of benzene rings is 3. The number of fused-ring (bicyclic) bond motifs is 1. The van der Waals surface area contributed by atoms with E-state index >= 15 is 0 Å². The number of nitrogens with one attached hydrogen (secondary N) is 2. The number of anilines is 1. The van der Waals surface area contributed by atoms with Crippen LogP contribution in [0.25, 0.3) is 0 Å². The number of rotatable bonds is 8. The Morgan fingerprint density at radius 2 is 1.62 bits per heavy atom. The van der Waals surface area contributed by atoms with E-state index in [1.165, 1.54) is 32.8 Å². The van der Waals surface area contributed by atoms with Gasteiger partial charge < -0.3 is 15.1 Å². The molecular formula is C28H34N3O+. The highest BCUT2D eigenvalue weighted by Gasteiger charge is 2.28. The van der Waals surface area contributed by atoms with Crippen LogP contribution < -0.4 is 15.1 Å². The molecule has 166 valence electrons. The van der Waals surface area contributed by atoms with Gasteiger partial charge in [-0.15, -0.1) is 0 Å². The smallest absolute Gasteiger partial charge is 0.220 e. The minimum atomic E-state index is 0.126. The van der Waals surface area contributed by atoms with Gasteiger partial charge in [-0.1, -0.05) is 66.7 Å². The van der Waals surface area contributed by atoms with Crippen molar-refractivity contribution in [1.82, 2.24) is 5.32 Å². The van der Waals surface area contributed by atoms with E-state index in [1.54, 1.807) is 0 Å². The van der Waals surface area contributed by atoms with E-state index in [0.717, 1.165) is 25.9 Å². The Hall–Kier alpha value is -3.11. The Labute approximate surface area is 191 Å². The summed E-state index contributed by atoms with van der Waals surface area (Å²) in [5.74, 6) is 0.126. The number of hydrogen-bond acceptors (Lipinski definition) is 2. The molecule has 3 aromatic rings. The summed E-state index contributed by atoms with van der Waals surface area (Å²) in [6.45, 7) is 2.74. The van der Waals surface area contributed by atoms with Gasteiger partial charge in [0, 0.05) is 43.8 Å². The van der Waals surface area contributed by atoms with Gasteiger partial charge in [0.05, 0.1) is 13.1 Å². The zero-order valence-corrected chi connectivity index (χ0v) is 19.2. The van der Waals surface area contributed by atoms with Crippen molar-refractivity contribution < 1.29 is 9.69 Å². The number of quaternary nitrogens is 1. The molecule has 0 fully saturated rings. The fourth-order valence-corrected chi connectivity index (χ4v) is 4.61. The van der Waals surface area contributed by atoms with Gasteiger partial charge in [-0.25, -0.2) is 0 Å². The molecule has 0 aromatic heterocycles. The normalized spacial score (nSPS) is 16.1. The topological polar surface area (TPSA) is 36.8 Å². The first-order chi connectivity index (χ1) is 15.6. The van der Waals surface area contributed by atoms with Gasteiger partial charge in [0.15, 0.2) is 0 Å². The minimum Gasteiger partial charge on any atom is -0.378 e. The summed E-state index contributed by atoms with van der Waals surface area (Å²) in [7, 11) is 4.12. The van der Waals surface area contributed by atoms with Gasteiger partial charge >= 0.3 is 0 Å². The number of carbonyl (C=O) groups is 1. The van der Waals surface area contributed by atoms with Crippen molar-refractivity contribution in [2.45, 2.75) is 31.8 Å². The lowest BCUT2D eigenvalue weighted by Gasteiger charge is -2.33. The van der Waals surface area contributed by atoms with Crippen LogP contribution in [-0.4, -0.2) is 33.1 Å². The molecule has 1 aliphatic heterocycles. The summed E-state index contributed by atoms with van der Waals surface area (Å²) < 4.78 is 0. The molecule has 1 unspecified atom stereocenters. The molecule has 0 saturated heterocycles. The summed E-state index contributed by atoms with van der Waals surface area (Å²) in [5, 5.41) is 3.24. The van der Waals surface area contributed by atoms with Gasteiger partial charge in [-0.2, -0.15) is 0 Å². The summed E-state index contributed by atoms with van der Waals surface area (Å²) in [4.78, 5) is 16.3. The molecule has 0 spiro atoms. The molecule has 2 atom stereocenters. The van der Waals surface area contributed by atoms with Gasteiger partial charge in [0.2, 0.25) is 5.91 Å². The molecule has 32 heavy (non-hydrogen) atoms. The number of amides is 1. The average molecular weight is 429 g/mol. The van der Waals surface area contributed by atoms with Crippen molar-refractivity contribution in [2.75, 3.05) is 32.1 Å². The second-order valence-corrected chi connectivity index (χ2v) is 8.93. The lowest BCUT2D eigenvalue weighted by atomic mass is 9.96. The van der Waals surface area contributed by atoms with Crippen LogP contribution in [0, 0.1) is 0 Å². The number of nitrogens with zero attached hydrogens (tertiary/aromatic N) is 1. The Bertz CT molecular complexity index is 1010. The first-order valence-electron chi connectivity index (χ1n) is 11.6. The maximum atomic E-state index is 12.6. The molecule has 0 radical (unpaired) electrons. The maximum absolute atomic E-state index is 12.6. The van der Waals surface area contributed by atoms with Crippen LogP contribution in [0.3, 0.4) is 0 Å². The van der Waals surface area contributed by atoms with E-state index in [0.29, 0.717) is 13.0 Å².